The minimum atomic E-state index is -0.587. The SMILES string of the molecule is O=C(OC1CCCCC1O)c1cccc(SOOO)c1. The van der Waals surface area contributed by atoms with Gasteiger partial charge in [-0.2, -0.15) is 0 Å². The molecule has 1 aliphatic rings. The first-order valence-electron chi connectivity index (χ1n) is 6.34. The molecule has 0 saturated heterocycles. The standard InChI is InChI=1S/C13H16O6S/c14-11-6-1-2-7-12(11)17-13(15)9-4-3-5-10(8-9)20-19-18-16/h3-5,8,11-12,14,16H,1-2,6-7H2. The van der Waals surface area contributed by atoms with E-state index < -0.39 is 18.2 Å². The van der Waals surface area contributed by atoms with Crippen LogP contribution in [0.15, 0.2) is 29.2 Å². The van der Waals surface area contributed by atoms with Gasteiger partial charge in [-0.3, -0.25) is 0 Å². The van der Waals surface area contributed by atoms with Crippen molar-refractivity contribution in [1.29, 1.82) is 0 Å². The van der Waals surface area contributed by atoms with Crippen molar-refractivity contribution in [3.8, 4) is 0 Å². The molecule has 110 valence electrons. The number of hydrogen-bond donors (Lipinski definition) is 2. The number of esters is 1. The molecule has 2 unspecified atom stereocenters. The third kappa shape index (κ3) is 4.19. The molecule has 6 nitrogen and oxygen atoms in total. The summed E-state index contributed by atoms with van der Waals surface area (Å²) in [6.45, 7) is 0. The number of ether oxygens (including phenoxy) is 1. The van der Waals surface area contributed by atoms with Crippen molar-refractivity contribution in [2.45, 2.75) is 42.8 Å². The maximum Gasteiger partial charge on any atom is 0.338 e. The van der Waals surface area contributed by atoms with E-state index in [-0.39, 0.29) is 0 Å². The Hall–Kier alpha value is -1.12. The van der Waals surface area contributed by atoms with E-state index in [0.29, 0.717) is 23.3 Å². The smallest absolute Gasteiger partial charge is 0.338 e. The summed E-state index contributed by atoms with van der Waals surface area (Å²) in [6, 6.07) is 6.52. The summed E-state index contributed by atoms with van der Waals surface area (Å²) in [5, 5.41) is 21.4. The first-order chi connectivity index (χ1) is 9.70. The molecule has 1 aliphatic carbocycles. The molecule has 1 saturated carbocycles. The lowest BCUT2D eigenvalue weighted by atomic mass is 9.95. The van der Waals surface area contributed by atoms with E-state index in [4.69, 9.17) is 9.99 Å². The minimum Gasteiger partial charge on any atom is -0.456 e. The van der Waals surface area contributed by atoms with Crippen molar-refractivity contribution in [3.63, 3.8) is 0 Å². The van der Waals surface area contributed by atoms with Gasteiger partial charge in [0.25, 0.3) is 0 Å². The molecule has 0 bridgehead atoms. The van der Waals surface area contributed by atoms with Crippen LogP contribution in [-0.4, -0.2) is 28.5 Å². The Morgan fingerprint density at radius 1 is 1.30 bits per heavy atom. The number of aliphatic hydroxyl groups excluding tert-OH is 1. The van der Waals surface area contributed by atoms with Gasteiger partial charge in [-0.05, 0) is 37.5 Å². The van der Waals surface area contributed by atoms with E-state index in [9.17, 15) is 9.90 Å². The number of hydrogen-bond acceptors (Lipinski definition) is 7. The number of carbonyl (C=O) groups is 1. The Kier molecular flexibility index (Phi) is 5.81. The van der Waals surface area contributed by atoms with Crippen LogP contribution in [0.25, 0.3) is 0 Å². The molecule has 2 N–H and O–H groups in total. The normalized spacial score (nSPS) is 22.5. The molecule has 0 heterocycles. The second kappa shape index (κ2) is 7.61. The summed E-state index contributed by atoms with van der Waals surface area (Å²) in [7, 11) is 0. The highest BCUT2D eigenvalue weighted by atomic mass is 32.2. The lowest BCUT2D eigenvalue weighted by Gasteiger charge is -2.27. The molecule has 0 amide bonds. The quantitative estimate of drug-likeness (QED) is 0.374. The van der Waals surface area contributed by atoms with Crippen molar-refractivity contribution in [3.05, 3.63) is 29.8 Å². The summed E-state index contributed by atoms with van der Waals surface area (Å²) in [6.07, 6.45) is 2.23. The first kappa shape index (κ1) is 15.3. The van der Waals surface area contributed by atoms with Crippen molar-refractivity contribution < 1.29 is 29.3 Å². The van der Waals surface area contributed by atoms with Crippen molar-refractivity contribution in [1.82, 2.24) is 0 Å². The zero-order valence-corrected chi connectivity index (χ0v) is 11.5. The predicted molar refractivity (Wildman–Crippen MR) is 70.8 cm³/mol. The lowest BCUT2D eigenvalue weighted by Crippen LogP contribution is -2.34. The molecule has 0 aromatic heterocycles. The maximum absolute atomic E-state index is 12.0. The monoisotopic (exact) mass is 300 g/mol. The number of rotatable bonds is 5. The summed E-state index contributed by atoms with van der Waals surface area (Å²) < 4.78 is 9.63. The van der Waals surface area contributed by atoms with Crippen LogP contribution >= 0.6 is 12.0 Å². The van der Waals surface area contributed by atoms with Gasteiger partial charge in [0.2, 0.25) is 0 Å². The van der Waals surface area contributed by atoms with Gasteiger partial charge in [-0.1, -0.05) is 17.5 Å². The molecule has 2 atom stereocenters. The van der Waals surface area contributed by atoms with Crippen LogP contribution < -0.4 is 0 Å². The van der Waals surface area contributed by atoms with Crippen LogP contribution in [0.4, 0.5) is 0 Å². The second-order valence-corrected chi connectivity index (χ2v) is 5.32. The Bertz CT molecular complexity index is 452. The molecular formula is C13H16O6S. The fourth-order valence-electron chi connectivity index (χ4n) is 2.15. The Balaban J connectivity index is 1.97. The minimum absolute atomic E-state index is 0.356. The Morgan fingerprint density at radius 3 is 2.85 bits per heavy atom. The zero-order valence-electron chi connectivity index (χ0n) is 10.7. The third-order valence-corrected chi connectivity index (χ3v) is 3.73. The van der Waals surface area contributed by atoms with Crippen LogP contribution in [0.2, 0.25) is 0 Å². The fourth-order valence-corrected chi connectivity index (χ4v) is 2.57. The largest absolute Gasteiger partial charge is 0.456 e. The van der Waals surface area contributed by atoms with Crippen LogP contribution in [0.1, 0.15) is 36.0 Å². The van der Waals surface area contributed by atoms with Crippen LogP contribution in [0.5, 0.6) is 0 Å². The molecule has 7 heteroatoms. The lowest BCUT2D eigenvalue weighted by molar-refractivity contribution is -0.432. The second-order valence-electron chi connectivity index (χ2n) is 4.55. The van der Waals surface area contributed by atoms with Crippen molar-refractivity contribution in [2.24, 2.45) is 0 Å². The molecular weight excluding hydrogens is 284 g/mol. The molecule has 1 fully saturated rings. The number of benzene rings is 1. The topological polar surface area (TPSA) is 85.2 Å². The van der Waals surface area contributed by atoms with Crippen molar-refractivity contribution in [2.75, 3.05) is 0 Å². The van der Waals surface area contributed by atoms with Crippen LogP contribution in [-0.2, 0) is 14.1 Å². The molecule has 0 radical (unpaired) electrons. The molecule has 0 aliphatic heterocycles. The Morgan fingerprint density at radius 2 is 2.10 bits per heavy atom. The summed E-state index contributed by atoms with van der Waals surface area (Å²) in [4.78, 5) is 12.6. The van der Waals surface area contributed by atoms with Crippen molar-refractivity contribution >= 4 is 18.0 Å². The van der Waals surface area contributed by atoms with E-state index in [2.05, 4.69) is 9.37 Å². The summed E-state index contributed by atoms with van der Waals surface area (Å²) in [5.41, 5.74) is 0.356. The third-order valence-electron chi connectivity index (χ3n) is 3.16. The van der Waals surface area contributed by atoms with E-state index >= 15 is 0 Å². The van der Waals surface area contributed by atoms with Crippen LogP contribution in [0.3, 0.4) is 0 Å². The van der Waals surface area contributed by atoms with Crippen LogP contribution in [0, 0.1) is 0 Å². The van der Waals surface area contributed by atoms with Gasteiger partial charge in [0.15, 0.2) is 0 Å². The number of carbonyl (C=O) groups excluding carboxylic acids is 1. The van der Waals surface area contributed by atoms with Gasteiger partial charge in [-0.25, -0.2) is 10.1 Å². The highest BCUT2D eigenvalue weighted by Crippen LogP contribution is 2.24. The van der Waals surface area contributed by atoms with Gasteiger partial charge in [-0.15, -0.1) is 4.33 Å². The molecule has 1 aromatic carbocycles. The maximum atomic E-state index is 12.0. The van der Waals surface area contributed by atoms with E-state index in [1.54, 1.807) is 24.3 Å². The molecule has 2 rings (SSSR count). The van der Waals surface area contributed by atoms with E-state index in [1.165, 1.54) is 0 Å². The van der Waals surface area contributed by atoms with Gasteiger partial charge < -0.3 is 9.84 Å². The average molecular weight is 300 g/mol. The summed E-state index contributed by atoms with van der Waals surface area (Å²) >= 11 is 0.769. The van der Waals surface area contributed by atoms with Gasteiger partial charge in [0, 0.05) is 4.90 Å². The Labute approximate surface area is 120 Å². The molecule has 1 aromatic rings. The molecule has 20 heavy (non-hydrogen) atoms. The number of aliphatic hydroxyl groups is 1. The zero-order chi connectivity index (χ0) is 14.4. The van der Waals surface area contributed by atoms with Gasteiger partial charge >= 0.3 is 5.97 Å². The highest BCUT2D eigenvalue weighted by molar-refractivity contribution is 7.94. The first-order valence-corrected chi connectivity index (χ1v) is 7.08. The summed E-state index contributed by atoms with van der Waals surface area (Å²) in [5.74, 6) is -0.483. The fraction of sp³-hybridized carbons (Fsp3) is 0.462. The van der Waals surface area contributed by atoms with E-state index in [1.807, 2.05) is 0 Å². The van der Waals surface area contributed by atoms with E-state index in [0.717, 1.165) is 24.9 Å². The highest BCUT2D eigenvalue weighted by Gasteiger charge is 2.26. The van der Waals surface area contributed by atoms with Gasteiger partial charge in [0.05, 0.1) is 23.7 Å². The predicted octanol–water partition coefficient (Wildman–Crippen LogP) is 2.58. The molecule has 0 spiro atoms. The average Bonchev–Trinajstić information content (AvgIpc) is 2.48. The van der Waals surface area contributed by atoms with Gasteiger partial charge in [0.1, 0.15) is 6.10 Å².